The molecular weight excluding hydrogens is 284 g/mol. The summed E-state index contributed by atoms with van der Waals surface area (Å²) in [5, 5.41) is 8.92. The lowest BCUT2D eigenvalue weighted by atomic mass is 10.1. The van der Waals surface area contributed by atoms with Crippen molar-refractivity contribution in [2.45, 2.75) is 18.9 Å². The van der Waals surface area contributed by atoms with E-state index in [1.807, 2.05) is 6.07 Å². The minimum Gasteiger partial charge on any atom is -0.480 e. The fraction of sp³-hybridized carbons (Fsp3) is 0.312. The van der Waals surface area contributed by atoms with Crippen LogP contribution in [0.1, 0.15) is 28.8 Å². The molecule has 1 aromatic rings. The van der Waals surface area contributed by atoms with Gasteiger partial charge in [-0.1, -0.05) is 24.8 Å². The van der Waals surface area contributed by atoms with Gasteiger partial charge in [0.05, 0.1) is 0 Å². The predicted octanol–water partition coefficient (Wildman–Crippen LogP) is 1.19. The van der Waals surface area contributed by atoms with Gasteiger partial charge in [0.25, 0.3) is 5.91 Å². The zero-order valence-electron chi connectivity index (χ0n) is 12.0. The molecule has 1 fully saturated rings. The summed E-state index contributed by atoms with van der Waals surface area (Å²) in [5.74, 6) is -1.66. The van der Waals surface area contributed by atoms with E-state index in [4.69, 9.17) is 5.11 Å². The quantitative estimate of drug-likeness (QED) is 0.886. The number of aliphatic carboxylic acids is 1. The molecular formula is C16H16N2O4. The van der Waals surface area contributed by atoms with Crippen molar-refractivity contribution in [3.8, 4) is 0 Å². The monoisotopic (exact) mass is 300 g/mol. The molecule has 0 bridgehead atoms. The Kier molecular flexibility index (Phi) is 3.44. The highest BCUT2D eigenvalue weighted by Gasteiger charge is 2.37. The number of amides is 2. The Labute approximate surface area is 127 Å². The number of rotatable bonds is 5. The van der Waals surface area contributed by atoms with Crippen molar-refractivity contribution in [2.75, 3.05) is 13.1 Å². The van der Waals surface area contributed by atoms with Gasteiger partial charge in [-0.3, -0.25) is 19.3 Å². The molecule has 3 rings (SSSR count). The van der Waals surface area contributed by atoms with Crippen molar-refractivity contribution >= 4 is 23.5 Å². The Morgan fingerprint density at radius 2 is 1.91 bits per heavy atom. The third-order valence-corrected chi connectivity index (χ3v) is 3.95. The highest BCUT2D eigenvalue weighted by molar-refractivity contribution is 6.10. The van der Waals surface area contributed by atoms with Gasteiger partial charge >= 0.3 is 5.97 Å². The topological polar surface area (TPSA) is 77.9 Å². The number of benzene rings is 1. The lowest BCUT2D eigenvalue weighted by molar-refractivity contribution is -0.144. The minimum absolute atomic E-state index is 0.0167. The lowest BCUT2D eigenvalue weighted by Gasteiger charge is -2.24. The van der Waals surface area contributed by atoms with Gasteiger partial charge in [-0.2, -0.15) is 0 Å². The molecule has 0 atom stereocenters. The van der Waals surface area contributed by atoms with Crippen LogP contribution in [0.3, 0.4) is 0 Å². The number of carboxylic acid groups (broad SMARTS) is 1. The maximum atomic E-state index is 12.4. The van der Waals surface area contributed by atoms with E-state index in [1.165, 1.54) is 9.80 Å². The summed E-state index contributed by atoms with van der Waals surface area (Å²) < 4.78 is 0. The number of hydrogen-bond donors (Lipinski definition) is 1. The standard InChI is InChI=1S/C16H16N2O4/c1-10-12-4-2-3-5-13(12)16(22)17(10)8-14(19)18(9-15(20)21)11-6-7-11/h2-5,11H,1,6-9H2,(H,20,21). The number of nitrogens with zero attached hydrogens (tertiary/aromatic N) is 2. The number of fused-ring (bicyclic) bond motifs is 1. The zero-order chi connectivity index (χ0) is 15.9. The van der Waals surface area contributed by atoms with Gasteiger partial charge in [0.15, 0.2) is 0 Å². The second-order valence-corrected chi connectivity index (χ2v) is 5.53. The normalized spacial score (nSPS) is 16.6. The van der Waals surface area contributed by atoms with Crippen LogP contribution in [0.15, 0.2) is 30.8 Å². The Morgan fingerprint density at radius 3 is 2.45 bits per heavy atom. The van der Waals surface area contributed by atoms with Crippen molar-refractivity contribution in [3.63, 3.8) is 0 Å². The number of hydrogen-bond acceptors (Lipinski definition) is 3. The first-order valence-corrected chi connectivity index (χ1v) is 7.10. The summed E-state index contributed by atoms with van der Waals surface area (Å²) in [6.45, 7) is 3.38. The van der Waals surface area contributed by atoms with Crippen LogP contribution in [0.4, 0.5) is 0 Å². The Morgan fingerprint density at radius 1 is 1.27 bits per heavy atom. The van der Waals surface area contributed by atoms with Gasteiger partial charge in [-0.05, 0) is 18.9 Å². The van der Waals surface area contributed by atoms with Crippen LogP contribution >= 0.6 is 0 Å². The van der Waals surface area contributed by atoms with Crippen molar-refractivity contribution in [1.29, 1.82) is 0 Å². The second-order valence-electron chi connectivity index (χ2n) is 5.53. The molecule has 0 radical (unpaired) electrons. The van der Waals surface area contributed by atoms with Gasteiger partial charge < -0.3 is 10.0 Å². The van der Waals surface area contributed by atoms with Crippen LogP contribution in [-0.4, -0.2) is 51.8 Å². The van der Waals surface area contributed by atoms with E-state index in [2.05, 4.69) is 6.58 Å². The molecule has 1 heterocycles. The number of carbonyl (C=O) groups excluding carboxylic acids is 2. The van der Waals surface area contributed by atoms with Crippen molar-refractivity contribution in [1.82, 2.24) is 9.80 Å². The van der Waals surface area contributed by atoms with Crippen LogP contribution in [0.2, 0.25) is 0 Å². The average molecular weight is 300 g/mol. The molecule has 0 aromatic heterocycles. The molecule has 0 spiro atoms. The van der Waals surface area contributed by atoms with Crippen LogP contribution < -0.4 is 0 Å². The summed E-state index contributed by atoms with van der Waals surface area (Å²) in [7, 11) is 0. The van der Waals surface area contributed by atoms with Crippen LogP contribution in [0.25, 0.3) is 5.70 Å². The second kappa shape index (κ2) is 5.29. The van der Waals surface area contributed by atoms with E-state index in [9.17, 15) is 14.4 Å². The highest BCUT2D eigenvalue weighted by atomic mass is 16.4. The third kappa shape index (κ3) is 2.47. The van der Waals surface area contributed by atoms with Crippen molar-refractivity contribution in [3.05, 3.63) is 42.0 Å². The third-order valence-electron chi connectivity index (χ3n) is 3.95. The molecule has 114 valence electrons. The van der Waals surface area contributed by atoms with E-state index in [-0.39, 0.29) is 30.9 Å². The smallest absolute Gasteiger partial charge is 0.323 e. The molecule has 1 saturated carbocycles. The Bertz CT molecular complexity index is 643. The van der Waals surface area contributed by atoms with Gasteiger partial charge in [0, 0.05) is 22.9 Å². The first kappa shape index (κ1) is 14.3. The molecule has 6 heteroatoms. The van der Waals surface area contributed by atoms with Gasteiger partial charge in [0.2, 0.25) is 5.91 Å². The van der Waals surface area contributed by atoms with Crippen molar-refractivity contribution in [2.24, 2.45) is 0 Å². The van der Waals surface area contributed by atoms with E-state index < -0.39 is 5.97 Å². The zero-order valence-corrected chi connectivity index (χ0v) is 12.0. The molecule has 0 unspecified atom stereocenters. The molecule has 1 aromatic carbocycles. The van der Waals surface area contributed by atoms with E-state index in [1.54, 1.807) is 18.2 Å². The molecule has 1 N–H and O–H groups in total. The summed E-state index contributed by atoms with van der Waals surface area (Å²) in [6.07, 6.45) is 1.63. The summed E-state index contributed by atoms with van der Waals surface area (Å²) in [5.41, 5.74) is 1.73. The minimum atomic E-state index is -1.05. The molecule has 6 nitrogen and oxygen atoms in total. The molecule has 1 aliphatic heterocycles. The van der Waals surface area contributed by atoms with Crippen LogP contribution in [0.5, 0.6) is 0 Å². The predicted molar refractivity (Wildman–Crippen MR) is 78.9 cm³/mol. The maximum absolute atomic E-state index is 12.4. The Hall–Kier alpha value is -2.63. The first-order valence-electron chi connectivity index (χ1n) is 7.10. The number of carboxylic acids is 1. The molecule has 2 amide bonds. The average Bonchev–Trinajstić information content (AvgIpc) is 3.30. The SMILES string of the molecule is C=C1c2ccccc2C(=O)N1CC(=O)N(CC(=O)O)C1CC1. The largest absolute Gasteiger partial charge is 0.480 e. The van der Waals surface area contributed by atoms with Crippen LogP contribution in [-0.2, 0) is 9.59 Å². The fourth-order valence-electron chi connectivity index (χ4n) is 2.68. The Balaban J connectivity index is 1.76. The fourth-order valence-corrected chi connectivity index (χ4v) is 2.68. The van der Waals surface area contributed by atoms with Crippen molar-refractivity contribution < 1.29 is 19.5 Å². The molecule has 2 aliphatic rings. The molecule has 0 saturated heterocycles. The van der Waals surface area contributed by atoms with Gasteiger partial charge in [0.1, 0.15) is 13.1 Å². The summed E-state index contributed by atoms with van der Waals surface area (Å²) in [4.78, 5) is 38.3. The van der Waals surface area contributed by atoms with Crippen LogP contribution in [0, 0.1) is 0 Å². The van der Waals surface area contributed by atoms with E-state index in [0.717, 1.165) is 18.4 Å². The summed E-state index contributed by atoms with van der Waals surface area (Å²) in [6, 6.07) is 7.04. The molecule has 1 aliphatic carbocycles. The van der Waals surface area contributed by atoms with Gasteiger partial charge in [-0.15, -0.1) is 0 Å². The van der Waals surface area contributed by atoms with E-state index in [0.29, 0.717) is 11.3 Å². The maximum Gasteiger partial charge on any atom is 0.323 e. The molecule has 22 heavy (non-hydrogen) atoms. The summed E-state index contributed by atoms with van der Waals surface area (Å²) >= 11 is 0. The highest BCUT2D eigenvalue weighted by Crippen LogP contribution is 2.32. The van der Waals surface area contributed by atoms with E-state index >= 15 is 0 Å². The number of carbonyl (C=O) groups is 3. The van der Waals surface area contributed by atoms with Gasteiger partial charge in [-0.25, -0.2) is 0 Å². The lowest BCUT2D eigenvalue weighted by Crippen LogP contribution is -2.43. The first-order chi connectivity index (χ1) is 10.5.